The molecule has 0 aliphatic rings. The van der Waals surface area contributed by atoms with E-state index < -0.39 is 0 Å². The molecular formula is C17H17NOPt. The summed E-state index contributed by atoms with van der Waals surface area (Å²) in [6.45, 7) is 8.48. The van der Waals surface area contributed by atoms with Crippen molar-refractivity contribution in [2.24, 2.45) is 0 Å². The summed E-state index contributed by atoms with van der Waals surface area (Å²) in [6.07, 6.45) is 3.29. The number of aromatic nitrogens is 1. The van der Waals surface area contributed by atoms with E-state index in [0.29, 0.717) is 5.57 Å². The first kappa shape index (κ1) is 18.3. The average Bonchev–Trinajstić information content (AvgIpc) is 2.40. The van der Waals surface area contributed by atoms with Gasteiger partial charge in [0, 0.05) is 12.0 Å². The molecule has 0 saturated heterocycles. The third-order valence-electron chi connectivity index (χ3n) is 2.09. The molecule has 106 valence electrons. The first-order valence-electron chi connectivity index (χ1n) is 5.94. The summed E-state index contributed by atoms with van der Waals surface area (Å²) >= 11 is 0. The van der Waals surface area contributed by atoms with Crippen LogP contribution in [0.25, 0.3) is 11.3 Å². The second-order valence-corrected chi connectivity index (χ2v) is 4.02. The van der Waals surface area contributed by atoms with Gasteiger partial charge in [0.05, 0.1) is 0 Å². The molecule has 1 N–H and O–H groups in total. The van der Waals surface area contributed by atoms with Gasteiger partial charge >= 0.3 is 21.1 Å². The van der Waals surface area contributed by atoms with E-state index in [9.17, 15) is 0 Å². The Morgan fingerprint density at radius 2 is 1.90 bits per heavy atom. The van der Waals surface area contributed by atoms with Crippen molar-refractivity contribution in [2.45, 2.75) is 13.8 Å². The van der Waals surface area contributed by atoms with E-state index >= 15 is 0 Å². The van der Waals surface area contributed by atoms with Gasteiger partial charge < -0.3 is 10.1 Å². The third kappa shape index (κ3) is 7.70. The fraction of sp³-hybridized carbons (Fsp3) is 0.118. The van der Waals surface area contributed by atoms with Crippen molar-refractivity contribution in [1.29, 1.82) is 0 Å². The molecule has 0 radical (unpaired) electrons. The van der Waals surface area contributed by atoms with Crippen molar-refractivity contribution in [1.82, 2.24) is 4.98 Å². The van der Waals surface area contributed by atoms with Gasteiger partial charge in [0.25, 0.3) is 0 Å². The molecule has 0 aliphatic carbocycles. The molecule has 0 unspecified atom stereocenters. The molecular weight excluding hydrogens is 429 g/mol. The fourth-order valence-electron chi connectivity index (χ4n) is 1.40. The van der Waals surface area contributed by atoms with Crippen LogP contribution >= 0.6 is 0 Å². The van der Waals surface area contributed by atoms with Gasteiger partial charge in [-0.05, 0) is 18.7 Å². The van der Waals surface area contributed by atoms with Crippen molar-refractivity contribution < 1.29 is 26.2 Å². The molecule has 2 rings (SSSR count). The zero-order chi connectivity index (χ0) is 14.1. The summed E-state index contributed by atoms with van der Waals surface area (Å²) in [5.41, 5.74) is 2.64. The van der Waals surface area contributed by atoms with Crippen LogP contribution in [-0.2, 0) is 21.1 Å². The quantitative estimate of drug-likeness (QED) is 0.422. The fourth-order valence-corrected chi connectivity index (χ4v) is 1.40. The summed E-state index contributed by atoms with van der Waals surface area (Å²) in [4.78, 5) is 4.22. The Kier molecular flexibility index (Phi) is 9.32. The van der Waals surface area contributed by atoms with Crippen molar-refractivity contribution in [3.05, 3.63) is 78.7 Å². The molecule has 0 amide bonds. The summed E-state index contributed by atoms with van der Waals surface area (Å²) in [5.74, 6) is 0.250. The zero-order valence-electron chi connectivity index (χ0n) is 11.5. The SMILES string of the molecule is [CH-]=C(C)C=C(C)O.[Pt+2].[c-]1ccccc1-c1ccccn1. The number of hydrogen-bond donors (Lipinski definition) is 1. The molecule has 0 atom stereocenters. The molecule has 2 aromatic rings. The number of aliphatic hydroxyl groups is 1. The van der Waals surface area contributed by atoms with Crippen LogP contribution in [0.2, 0.25) is 0 Å². The van der Waals surface area contributed by atoms with Gasteiger partial charge in [-0.2, -0.15) is 6.08 Å². The van der Waals surface area contributed by atoms with E-state index in [1.54, 1.807) is 20.0 Å². The van der Waals surface area contributed by atoms with E-state index in [1.807, 2.05) is 42.5 Å². The van der Waals surface area contributed by atoms with Gasteiger partial charge in [-0.15, -0.1) is 35.9 Å². The van der Waals surface area contributed by atoms with E-state index in [4.69, 9.17) is 11.7 Å². The van der Waals surface area contributed by atoms with Crippen LogP contribution in [0.3, 0.4) is 0 Å². The number of allylic oxidation sites excluding steroid dienone is 3. The minimum absolute atomic E-state index is 0. The van der Waals surface area contributed by atoms with Gasteiger partial charge in [0.1, 0.15) is 0 Å². The second-order valence-electron chi connectivity index (χ2n) is 4.02. The molecule has 0 aliphatic heterocycles. The smallest absolute Gasteiger partial charge is 0.531 e. The number of hydrogen-bond acceptors (Lipinski definition) is 2. The van der Waals surface area contributed by atoms with Gasteiger partial charge in [-0.3, -0.25) is 6.58 Å². The largest absolute Gasteiger partial charge is 2.00 e. The van der Waals surface area contributed by atoms with Crippen molar-refractivity contribution in [3.63, 3.8) is 0 Å². The van der Waals surface area contributed by atoms with Crippen LogP contribution in [0.15, 0.2) is 66.1 Å². The number of rotatable bonds is 2. The molecule has 0 bridgehead atoms. The standard InChI is InChI=1S/C11H8N.C6H9O.Pt/c1-2-6-10(7-3-1)11-8-4-5-9-12-11;1-5(2)4-6(3)7;/h1-6,8-9H;1,4,7H,2-3H3;/q2*-1;+2. The first-order chi connectivity index (χ1) is 9.09. The summed E-state index contributed by atoms with van der Waals surface area (Å²) in [6, 6.07) is 16.8. The van der Waals surface area contributed by atoms with Crippen LogP contribution in [0.4, 0.5) is 0 Å². The minimum atomic E-state index is 0. The van der Waals surface area contributed by atoms with Crippen LogP contribution in [0, 0.1) is 12.6 Å². The number of pyridine rings is 1. The normalized spacial score (nSPS) is 9.80. The average molecular weight is 446 g/mol. The van der Waals surface area contributed by atoms with Crippen molar-refractivity contribution in [3.8, 4) is 11.3 Å². The Hall–Kier alpha value is -1.66. The maximum absolute atomic E-state index is 8.48. The molecule has 0 saturated carbocycles. The maximum Gasteiger partial charge on any atom is 2.00 e. The van der Waals surface area contributed by atoms with Gasteiger partial charge in [0.2, 0.25) is 0 Å². The molecule has 20 heavy (non-hydrogen) atoms. The zero-order valence-corrected chi connectivity index (χ0v) is 13.8. The molecule has 1 aromatic carbocycles. The third-order valence-corrected chi connectivity index (χ3v) is 2.09. The van der Waals surface area contributed by atoms with E-state index in [1.165, 1.54) is 6.08 Å². The maximum atomic E-state index is 8.48. The van der Waals surface area contributed by atoms with Gasteiger partial charge in [-0.1, -0.05) is 19.1 Å². The Morgan fingerprint density at radius 1 is 1.20 bits per heavy atom. The minimum Gasteiger partial charge on any atom is -0.531 e. The van der Waals surface area contributed by atoms with E-state index in [-0.39, 0.29) is 26.8 Å². The number of aliphatic hydroxyl groups excluding tert-OH is 1. The summed E-state index contributed by atoms with van der Waals surface area (Å²) in [7, 11) is 0. The van der Waals surface area contributed by atoms with Crippen molar-refractivity contribution in [2.75, 3.05) is 0 Å². The Bertz CT molecular complexity index is 494. The van der Waals surface area contributed by atoms with Crippen LogP contribution < -0.4 is 0 Å². The monoisotopic (exact) mass is 446 g/mol. The van der Waals surface area contributed by atoms with Crippen LogP contribution in [0.1, 0.15) is 13.8 Å². The van der Waals surface area contributed by atoms with Crippen molar-refractivity contribution >= 4 is 0 Å². The predicted octanol–water partition coefficient (Wildman–Crippen LogP) is 4.37. The Balaban J connectivity index is 0.000000396. The molecule has 1 heterocycles. The number of benzene rings is 1. The van der Waals surface area contributed by atoms with E-state index in [0.717, 1.165) is 11.3 Å². The predicted molar refractivity (Wildman–Crippen MR) is 78.4 cm³/mol. The molecule has 0 spiro atoms. The van der Waals surface area contributed by atoms with Crippen LogP contribution in [0.5, 0.6) is 0 Å². The topological polar surface area (TPSA) is 33.1 Å². The van der Waals surface area contributed by atoms with Gasteiger partial charge in [0.15, 0.2) is 0 Å². The summed E-state index contributed by atoms with van der Waals surface area (Å²) < 4.78 is 0. The molecule has 3 heteroatoms. The number of nitrogens with zero attached hydrogens (tertiary/aromatic N) is 1. The van der Waals surface area contributed by atoms with Gasteiger partial charge in [-0.25, -0.2) is 5.57 Å². The second kappa shape index (κ2) is 10.2. The van der Waals surface area contributed by atoms with E-state index in [2.05, 4.69) is 11.1 Å². The molecule has 1 aromatic heterocycles. The van der Waals surface area contributed by atoms with Crippen LogP contribution in [-0.4, -0.2) is 10.1 Å². The molecule has 0 fully saturated rings. The summed E-state index contributed by atoms with van der Waals surface area (Å²) in [5, 5.41) is 8.48. The molecule has 2 nitrogen and oxygen atoms in total. The first-order valence-corrected chi connectivity index (χ1v) is 5.94. The Morgan fingerprint density at radius 3 is 2.30 bits per heavy atom. The Labute approximate surface area is 135 Å².